The summed E-state index contributed by atoms with van der Waals surface area (Å²) in [6.07, 6.45) is 1.28. The highest BCUT2D eigenvalue weighted by Gasteiger charge is 2.33. The average Bonchev–Trinajstić information content (AvgIpc) is 2.74. The Kier molecular flexibility index (Phi) is 6.82. The molecule has 0 unspecified atom stereocenters. The summed E-state index contributed by atoms with van der Waals surface area (Å²) in [5, 5.41) is 3.48. The van der Waals surface area contributed by atoms with Crippen molar-refractivity contribution in [2.24, 2.45) is 5.92 Å². The molecule has 0 bridgehead atoms. The monoisotopic (exact) mass is 436 g/mol. The minimum Gasteiger partial charge on any atom is -0.496 e. The van der Waals surface area contributed by atoms with Gasteiger partial charge in [0.05, 0.1) is 24.0 Å². The van der Waals surface area contributed by atoms with Crippen LogP contribution in [0.1, 0.15) is 31.4 Å². The predicted molar refractivity (Wildman–Crippen MR) is 112 cm³/mol. The molecule has 29 heavy (non-hydrogen) atoms. The molecule has 1 saturated heterocycles. The van der Waals surface area contributed by atoms with E-state index in [0.717, 1.165) is 5.56 Å². The zero-order valence-corrected chi connectivity index (χ0v) is 18.0. The zero-order chi connectivity index (χ0) is 21.0. The smallest absolute Gasteiger partial charge is 0.243 e. The van der Waals surface area contributed by atoms with Crippen LogP contribution < -0.4 is 10.1 Å². The summed E-state index contributed by atoms with van der Waals surface area (Å²) in [5.41, 5.74) is 0.879. The molecule has 6 nitrogen and oxygen atoms in total. The predicted octanol–water partition coefficient (Wildman–Crippen LogP) is 3.63. The van der Waals surface area contributed by atoms with Gasteiger partial charge in [-0.3, -0.25) is 4.79 Å². The number of hydrogen-bond donors (Lipinski definition) is 1. The SMILES string of the molecule is COc1ccccc1[C@@H](C)NC(=O)[C@@H]1CCCN(S(=O)(=O)c2ccc(Cl)cc2)C1. The molecule has 0 saturated carbocycles. The third kappa shape index (κ3) is 4.91. The lowest BCUT2D eigenvalue weighted by Crippen LogP contribution is -2.45. The zero-order valence-electron chi connectivity index (χ0n) is 16.5. The number of ether oxygens (including phenoxy) is 1. The van der Waals surface area contributed by atoms with Gasteiger partial charge in [-0.2, -0.15) is 4.31 Å². The molecular weight excluding hydrogens is 412 g/mol. The molecule has 1 heterocycles. The molecular formula is C21H25ClN2O4S. The second-order valence-corrected chi connectivity index (χ2v) is 9.50. The van der Waals surface area contributed by atoms with Gasteiger partial charge in [0.2, 0.25) is 15.9 Å². The molecule has 1 aliphatic heterocycles. The highest BCUT2D eigenvalue weighted by Crippen LogP contribution is 2.27. The highest BCUT2D eigenvalue weighted by atomic mass is 35.5. The molecule has 1 aliphatic rings. The van der Waals surface area contributed by atoms with Crippen molar-refractivity contribution in [1.82, 2.24) is 9.62 Å². The molecule has 0 radical (unpaired) electrons. The summed E-state index contributed by atoms with van der Waals surface area (Å²) in [4.78, 5) is 13.0. The highest BCUT2D eigenvalue weighted by molar-refractivity contribution is 7.89. The summed E-state index contributed by atoms with van der Waals surface area (Å²) >= 11 is 5.86. The van der Waals surface area contributed by atoms with E-state index in [2.05, 4.69) is 5.32 Å². The standard InChI is InChI=1S/C21H25ClN2O4S/c1-15(19-7-3-4-8-20(19)28-2)23-21(25)16-6-5-13-24(14-16)29(26,27)18-11-9-17(22)10-12-18/h3-4,7-12,15-16H,5-6,13-14H2,1-2H3,(H,23,25)/t15-,16-/m1/s1. The third-order valence-electron chi connectivity index (χ3n) is 5.17. The minimum atomic E-state index is -3.66. The lowest BCUT2D eigenvalue weighted by Gasteiger charge is -2.32. The normalized spacial score (nSPS) is 18.8. The summed E-state index contributed by atoms with van der Waals surface area (Å²) in [6.45, 7) is 2.45. The van der Waals surface area contributed by atoms with Crippen molar-refractivity contribution in [2.45, 2.75) is 30.7 Å². The fourth-order valence-electron chi connectivity index (χ4n) is 3.56. The number of amides is 1. The van der Waals surface area contributed by atoms with Crippen molar-refractivity contribution >= 4 is 27.5 Å². The first-order valence-corrected chi connectivity index (χ1v) is 11.3. The topological polar surface area (TPSA) is 75.7 Å². The van der Waals surface area contributed by atoms with Gasteiger partial charge >= 0.3 is 0 Å². The number of para-hydroxylation sites is 1. The number of halogens is 1. The van der Waals surface area contributed by atoms with E-state index >= 15 is 0 Å². The molecule has 2 aromatic rings. The van der Waals surface area contributed by atoms with Gasteiger partial charge in [0.15, 0.2) is 0 Å². The number of methoxy groups -OCH3 is 1. The Morgan fingerprint density at radius 2 is 1.90 bits per heavy atom. The molecule has 0 aliphatic carbocycles. The van der Waals surface area contributed by atoms with Gasteiger partial charge in [-0.25, -0.2) is 8.42 Å². The largest absolute Gasteiger partial charge is 0.496 e. The quantitative estimate of drug-likeness (QED) is 0.750. The van der Waals surface area contributed by atoms with Crippen molar-refractivity contribution < 1.29 is 17.9 Å². The van der Waals surface area contributed by atoms with Crippen LogP contribution in [0.3, 0.4) is 0 Å². The Morgan fingerprint density at radius 1 is 1.21 bits per heavy atom. The van der Waals surface area contributed by atoms with Gasteiger partial charge in [-0.05, 0) is 50.1 Å². The van der Waals surface area contributed by atoms with Crippen LogP contribution in [0.4, 0.5) is 0 Å². The molecule has 0 spiro atoms. The van der Waals surface area contributed by atoms with E-state index in [4.69, 9.17) is 16.3 Å². The Morgan fingerprint density at radius 3 is 2.59 bits per heavy atom. The number of sulfonamides is 1. The van der Waals surface area contributed by atoms with Crippen molar-refractivity contribution in [3.63, 3.8) is 0 Å². The Hall–Kier alpha value is -2.09. The number of carbonyl (C=O) groups is 1. The van der Waals surface area contributed by atoms with Crippen LogP contribution in [0.25, 0.3) is 0 Å². The maximum absolute atomic E-state index is 12.9. The molecule has 0 aromatic heterocycles. The van der Waals surface area contributed by atoms with Gasteiger partial charge in [0.1, 0.15) is 5.75 Å². The second kappa shape index (κ2) is 9.15. The van der Waals surface area contributed by atoms with Crippen LogP contribution in [-0.2, 0) is 14.8 Å². The van der Waals surface area contributed by atoms with Crippen molar-refractivity contribution in [3.05, 3.63) is 59.1 Å². The number of nitrogens with zero attached hydrogens (tertiary/aromatic N) is 1. The molecule has 1 fully saturated rings. The van der Waals surface area contributed by atoms with Crippen LogP contribution in [0, 0.1) is 5.92 Å². The number of piperidine rings is 1. The number of carbonyl (C=O) groups excluding carboxylic acids is 1. The Bertz CT molecular complexity index is 963. The molecule has 3 rings (SSSR count). The number of hydrogen-bond acceptors (Lipinski definition) is 4. The molecule has 1 amide bonds. The molecule has 2 atom stereocenters. The molecule has 2 aromatic carbocycles. The summed E-state index contributed by atoms with van der Waals surface area (Å²) < 4.78 is 32.6. The van der Waals surface area contributed by atoms with Crippen LogP contribution >= 0.6 is 11.6 Å². The Labute approximate surface area is 176 Å². The van der Waals surface area contributed by atoms with Gasteiger partial charge < -0.3 is 10.1 Å². The summed E-state index contributed by atoms with van der Waals surface area (Å²) in [6, 6.07) is 13.4. The lowest BCUT2D eigenvalue weighted by molar-refractivity contribution is -0.126. The molecule has 1 N–H and O–H groups in total. The van der Waals surface area contributed by atoms with E-state index in [9.17, 15) is 13.2 Å². The van der Waals surface area contributed by atoms with Gasteiger partial charge in [-0.1, -0.05) is 29.8 Å². The number of nitrogens with one attached hydrogen (secondary N) is 1. The van der Waals surface area contributed by atoms with Gasteiger partial charge in [0, 0.05) is 23.7 Å². The van der Waals surface area contributed by atoms with Crippen LogP contribution in [-0.4, -0.2) is 38.8 Å². The van der Waals surface area contributed by atoms with Crippen molar-refractivity contribution in [2.75, 3.05) is 20.2 Å². The second-order valence-electron chi connectivity index (χ2n) is 7.13. The first kappa shape index (κ1) is 21.6. The first-order chi connectivity index (χ1) is 13.8. The summed E-state index contributed by atoms with van der Waals surface area (Å²) in [5.74, 6) is 0.151. The average molecular weight is 437 g/mol. The van der Waals surface area contributed by atoms with Crippen molar-refractivity contribution in [3.8, 4) is 5.75 Å². The van der Waals surface area contributed by atoms with E-state index in [-0.39, 0.29) is 23.4 Å². The molecule has 8 heteroatoms. The van der Waals surface area contributed by atoms with Gasteiger partial charge in [0.25, 0.3) is 0 Å². The van der Waals surface area contributed by atoms with Gasteiger partial charge in [-0.15, -0.1) is 0 Å². The van der Waals surface area contributed by atoms with E-state index in [1.54, 1.807) is 19.2 Å². The van der Waals surface area contributed by atoms with E-state index in [1.807, 2.05) is 31.2 Å². The first-order valence-electron chi connectivity index (χ1n) is 9.52. The van der Waals surface area contributed by atoms with Crippen LogP contribution in [0.2, 0.25) is 5.02 Å². The summed E-state index contributed by atoms with van der Waals surface area (Å²) in [7, 11) is -2.07. The fourth-order valence-corrected chi connectivity index (χ4v) is 5.21. The van der Waals surface area contributed by atoms with Crippen LogP contribution in [0.5, 0.6) is 5.75 Å². The number of rotatable bonds is 6. The van der Waals surface area contributed by atoms with Crippen molar-refractivity contribution in [1.29, 1.82) is 0 Å². The van der Waals surface area contributed by atoms with E-state index in [0.29, 0.717) is 30.2 Å². The van der Waals surface area contributed by atoms with E-state index < -0.39 is 15.9 Å². The van der Waals surface area contributed by atoms with Crippen LogP contribution in [0.15, 0.2) is 53.4 Å². The Balaban J connectivity index is 1.70. The number of benzene rings is 2. The molecule has 156 valence electrons. The minimum absolute atomic E-state index is 0.153. The lowest BCUT2D eigenvalue weighted by atomic mass is 9.97. The fraction of sp³-hybridized carbons (Fsp3) is 0.381. The third-order valence-corrected chi connectivity index (χ3v) is 7.30. The van der Waals surface area contributed by atoms with E-state index in [1.165, 1.54) is 16.4 Å². The maximum atomic E-state index is 12.9. The maximum Gasteiger partial charge on any atom is 0.243 e.